The first kappa shape index (κ1) is 36.2. The van der Waals surface area contributed by atoms with Gasteiger partial charge >= 0.3 is 6.03 Å². The van der Waals surface area contributed by atoms with Crippen LogP contribution in [0.2, 0.25) is 0 Å². The normalized spacial score (nSPS) is 20.8. The third kappa shape index (κ3) is 7.63. The number of piperazine rings is 1. The second-order valence-corrected chi connectivity index (χ2v) is 16.9. The quantitative estimate of drug-likeness (QED) is 0.252. The maximum Gasteiger partial charge on any atom is 0.323 e. The molecular weight excluding hydrogens is 712 g/mol. The van der Waals surface area contributed by atoms with E-state index in [4.69, 9.17) is 4.42 Å². The van der Waals surface area contributed by atoms with Crippen LogP contribution in [0.3, 0.4) is 0 Å². The van der Waals surface area contributed by atoms with Crippen LogP contribution in [0.4, 0.5) is 14.3 Å². The number of oxazole rings is 1. The lowest BCUT2D eigenvalue weighted by Crippen LogP contribution is -2.54. The predicted molar refractivity (Wildman–Crippen MR) is 190 cm³/mol. The smallest absolute Gasteiger partial charge is 0.323 e. The van der Waals surface area contributed by atoms with Gasteiger partial charge in [-0.3, -0.25) is 44.5 Å². The number of imide groups is 2. The number of aromatic nitrogens is 2. The van der Waals surface area contributed by atoms with Crippen LogP contribution in [0.1, 0.15) is 84.4 Å². The van der Waals surface area contributed by atoms with Crippen molar-refractivity contribution >= 4 is 57.9 Å². The Kier molecular flexibility index (Phi) is 10.2. The fraction of sp³-hybridized carbons (Fsp3) is 0.514. The summed E-state index contributed by atoms with van der Waals surface area (Å²) in [7, 11) is 0. The van der Waals surface area contributed by atoms with E-state index < -0.39 is 35.5 Å². The van der Waals surface area contributed by atoms with Gasteiger partial charge < -0.3 is 9.32 Å². The van der Waals surface area contributed by atoms with E-state index in [1.807, 2.05) is 4.90 Å². The molecule has 0 aliphatic carbocycles. The van der Waals surface area contributed by atoms with E-state index in [9.17, 15) is 24.0 Å². The summed E-state index contributed by atoms with van der Waals surface area (Å²) < 4.78 is 22.1. The number of hydrogen-bond acceptors (Lipinski definition) is 12. The molecule has 1 unspecified atom stereocenters. The minimum atomic E-state index is -1.14. The van der Waals surface area contributed by atoms with E-state index in [1.165, 1.54) is 17.4 Å². The number of amides is 6. The minimum absolute atomic E-state index is 0.00199. The zero-order valence-electron chi connectivity index (χ0n) is 29.3. The topological polar surface area (TPSA) is 161 Å². The number of likely N-dealkylation sites (tertiary alicyclic amines) is 1. The lowest BCUT2D eigenvalue weighted by atomic mass is 9.94. The van der Waals surface area contributed by atoms with E-state index in [2.05, 4.69) is 51.2 Å². The van der Waals surface area contributed by atoms with E-state index >= 15 is 4.39 Å². The van der Waals surface area contributed by atoms with Gasteiger partial charge in [-0.25, -0.2) is 19.2 Å². The number of piperidine rings is 2. The number of rotatable bonds is 8. The molecule has 6 heterocycles. The van der Waals surface area contributed by atoms with Gasteiger partial charge in [-0.05, 0) is 50.0 Å². The fourth-order valence-corrected chi connectivity index (χ4v) is 8.81. The van der Waals surface area contributed by atoms with Gasteiger partial charge in [-0.1, -0.05) is 32.1 Å². The number of carbonyl (C=O) groups excluding carboxylic acids is 5. The molecule has 4 aliphatic rings. The van der Waals surface area contributed by atoms with Crippen LogP contribution in [0, 0.1) is 5.82 Å². The third-order valence-electron chi connectivity index (χ3n) is 9.96. The van der Waals surface area contributed by atoms with Crippen molar-refractivity contribution in [2.45, 2.75) is 80.5 Å². The van der Waals surface area contributed by atoms with Crippen LogP contribution < -0.4 is 10.6 Å². The Morgan fingerprint density at radius 3 is 2.46 bits per heavy atom. The van der Waals surface area contributed by atoms with Crippen LogP contribution >= 0.6 is 23.1 Å². The molecule has 17 heteroatoms. The average Bonchev–Trinajstić information content (AvgIpc) is 3.83. The van der Waals surface area contributed by atoms with Gasteiger partial charge in [0.1, 0.15) is 17.6 Å². The third-order valence-corrected chi connectivity index (χ3v) is 12.1. The van der Waals surface area contributed by atoms with Crippen molar-refractivity contribution in [1.29, 1.82) is 0 Å². The number of hydrogen-bond donors (Lipinski definition) is 2. The first-order chi connectivity index (χ1) is 24.8. The van der Waals surface area contributed by atoms with Gasteiger partial charge in [0.15, 0.2) is 5.13 Å². The van der Waals surface area contributed by atoms with E-state index in [-0.39, 0.29) is 35.4 Å². The van der Waals surface area contributed by atoms with Gasteiger partial charge in [0, 0.05) is 50.6 Å². The lowest BCUT2D eigenvalue weighted by molar-refractivity contribution is -0.136. The summed E-state index contributed by atoms with van der Waals surface area (Å²) in [6, 6.07) is 1.90. The lowest BCUT2D eigenvalue weighted by Gasteiger charge is -2.42. The van der Waals surface area contributed by atoms with Crippen molar-refractivity contribution in [3.63, 3.8) is 0 Å². The summed E-state index contributed by atoms with van der Waals surface area (Å²) in [5.41, 5.74) is 0.107. The van der Waals surface area contributed by atoms with Crippen molar-refractivity contribution in [3.8, 4) is 0 Å². The summed E-state index contributed by atoms with van der Waals surface area (Å²) >= 11 is 2.99. The molecule has 7 rings (SSSR count). The Morgan fingerprint density at radius 1 is 1.02 bits per heavy atom. The SMILES string of the molecule is CC(C)(C)c1cnc(CSc2cnc(NC(=O)N3CCN(C4CCN(Cc5cc(F)c6c(c5)C(=O)N(C5CCC(=O)NC5=O)C6=O)CC4)CC3)s2)o1. The molecule has 2 N–H and O–H groups in total. The van der Waals surface area contributed by atoms with Crippen molar-refractivity contribution in [1.82, 2.24) is 34.9 Å². The summed E-state index contributed by atoms with van der Waals surface area (Å²) in [4.78, 5) is 79.2. The fourth-order valence-electron chi connectivity index (χ4n) is 7.10. The molecule has 0 bridgehead atoms. The second kappa shape index (κ2) is 14.7. The Morgan fingerprint density at radius 2 is 1.77 bits per heavy atom. The molecule has 276 valence electrons. The van der Waals surface area contributed by atoms with Gasteiger partial charge in [-0.2, -0.15) is 0 Å². The Hall–Kier alpha value is -4.19. The summed E-state index contributed by atoms with van der Waals surface area (Å²) in [6.07, 6.45) is 5.35. The number of anilines is 1. The largest absolute Gasteiger partial charge is 0.444 e. The van der Waals surface area contributed by atoms with Crippen molar-refractivity contribution in [2.24, 2.45) is 0 Å². The number of benzene rings is 1. The van der Waals surface area contributed by atoms with Crippen LogP contribution in [0.25, 0.3) is 0 Å². The first-order valence-corrected chi connectivity index (χ1v) is 19.2. The van der Waals surface area contributed by atoms with Crippen molar-refractivity contribution < 1.29 is 32.8 Å². The predicted octanol–water partition coefficient (Wildman–Crippen LogP) is 4.08. The zero-order chi connectivity index (χ0) is 36.7. The molecule has 3 fully saturated rings. The Balaban J connectivity index is 0.853. The molecule has 3 aromatic rings. The highest BCUT2D eigenvalue weighted by Crippen LogP contribution is 2.33. The van der Waals surface area contributed by atoms with Crippen LogP contribution in [-0.2, 0) is 27.3 Å². The monoisotopic (exact) mass is 752 g/mol. The number of nitrogens with zero attached hydrogens (tertiary/aromatic N) is 6. The molecule has 4 aliphatic heterocycles. The Bertz CT molecular complexity index is 1890. The molecule has 14 nitrogen and oxygen atoms in total. The van der Waals surface area contributed by atoms with E-state index in [0.717, 1.165) is 53.9 Å². The second-order valence-electron chi connectivity index (χ2n) is 14.5. The van der Waals surface area contributed by atoms with Crippen LogP contribution in [0.5, 0.6) is 0 Å². The number of thioether (sulfide) groups is 1. The standard InChI is InChI=1S/C35H41FN8O6S2/c1-35(2,3)25-16-37-27(50-25)19-51-28-17-38-33(52-28)40-34(49)43-12-10-42(11-13-43)21-6-8-41(9-7-21)18-20-14-22-29(23(36)15-20)32(48)44(31(22)47)24-4-5-26(45)39-30(24)46/h14-17,21,24H,4-13,18-19H2,1-3H3,(H,38,40,49)(H,39,45,46). The highest BCUT2D eigenvalue weighted by molar-refractivity contribution is 8.00. The van der Waals surface area contributed by atoms with Gasteiger partial charge in [-0.15, -0.1) is 11.8 Å². The number of fused-ring (bicyclic) bond motifs is 1. The number of carbonyl (C=O) groups is 5. The van der Waals surface area contributed by atoms with Gasteiger partial charge in [0.25, 0.3) is 11.8 Å². The number of thiazole rings is 1. The van der Waals surface area contributed by atoms with Crippen LogP contribution in [-0.4, -0.2) is 111 Å². The molecular formula is C35H41FN8O6S2. The number of halogens is 1. The number of nitrogens with one attached hydrogen (secondary N) is 2. The summed E-state index contributed by atoms with van der Waals surface area (Å²) in [5.74, 6) is -1.47. The van der Waals surface area contributed by atoms with Gasteiger partial charge in [0.2, 0.25) is 17.7 Å². The molecule has 0 saturated carbocycles. The minimum Gasteiger partial charge on any atom is -0.444 e. The van der Waals surface area contributed by atoms with Crippen LogP contribution in [0.15, 0.2) is 33.2 Å². The molecule has 0 spiro atoms. The maximum atomic E-state index is 15.2. The van der Waals surface area contributed by atoms with Gasteiger partial charge in [0.05, 0.1) is 33.5 Å². The highest BCUT2D eigenvalue weighted by atomic mass is 32.2. The summed E-state index contributed by atoms with van der Waals surface area (Å²) in [6.45, 7) is 10.9. The zero-order valence-corrected chi connectivity index (χ0v) is 30.9. The van der Waals surface area contributed by atoms with E-state index in [0.29, 0.717) is 48.0 Å². The Labute approximate surface area is 308 Å². The van der Waals surface area contributed by atoms with Crippen molar-refractivity contribution in [3.05, 3.63) is 58.7 Å². The maximum absolute atomic E-state index is 15.2. The molecule has 1 aromatic carbocycles. The summed E-state index contributed by atoms with van der Waals surface area (Å²) in [5, 5.41) is 5.65. The highest BCUT2D eigenvalue weighted by Gasteiger charge is 2.46. The molecule has 2 aromatic heterocycles. The van der Waals surface area contributed by atoms with E-state index in [1.54, 1.807) is 30.2 Å². The number of urea groups is 1. The molecule has 1 atom stereocenters. The molecule has 52 heavy (non-hydrogen) atoms. The molecule has 6 amide bonds. The average molecular weight is 753 g/mol. The first-order valence-electron chi connectivity index (χ1n) is 17.4. The van der Waals surface area contributed by atoms with Crippen molar-refractivity contribution in [2.75, 3.05) is 44.6 Å². The molecule has 0 radical (unpaired) electrons. The molecule has 3 saturated heterocycles.